The van der Waals surface area contributed by atoms with E-state index in [2.05, 4.69) is 20.8 Å². The van der Waals surface area contributed by atoms with E-state index in [1.54, 1.807) is 0 Å². The summed E-state index contributed by atoms with van der Waals surface area (Å²) in [5, 5.41) is 16.7. The molecule has 1 aliphatic heterocycles. The number of amides is 1. The maximum absolute atomic E-state index is 12.5. The van der Waals surface area contributed by atoms with Crippen LogP contribution in [-0.2, 0) is 14.4 Å². The molecule has 2 N–H and O–H groups in total. The molecule has 23 heavy (non-hydrogen) atoms. The number of fused-ring (bicyclic) bond motifs is 2. The first kappa shape index (κ1) is 18.1. The summed E-state index contributed by atoms with van der Waals surface area (Å²) in [5.74, 6) is -2.39. The molecule has 2 aliphatic rings. The van der Waals surface area contributed by atoms with Crippen molar-refractivity contribution in [1.29, 1.82) is 0 Å². The Morgan fingerprint density at radius 3 is 2.43 bits per heavy atom. The van der Waals surface area contributed by atoms with E-state index < -0.39 is 23.6 Å². The van der Waals surface area contributed by atoms with Gasteiger partial charge in [0.2, 0.25) is 5.91 Å². The fraction of sp³-hybridized carbons (Fsp3) is 0.812. The van der Waals surface area contributed by atoms with E-state index in [1.165, 1.54) is 0 Å². The monoisotopic (exact) mass is 343 g/mol. The minimum absolute atomic E-state index is 0.0251. The van der Waals surface area contributed by atoms with Gasteiger partial charge in [-0.05, 0) is 30.1 Å². The normalized spacial score (nSPS) is 30.0. The molecule has 1 aliphatic carbocycles. The van der Waals surface area contributed by atoms with Crippen molar-refractivity contribution in [1.82, 2.24) is 4.90 Å². The zero-order valence-electron chi connectivity index (χ0n) is 13.9. The van der Waals surface area contributed by atoms with Crippen molar-refractivity contribution in [3.63, 3.8) is 0 Å². The van der Waals surface area contributed by atoms with E-state index >= 15 is 0 Å². The first-order chi connectivity index (χ1) is 10.5. The zero-order valence-corrected chi connectivity index (χ0v) is 14.7. The quantitative estimate of drug-likeness (QED) is 0.767. The van der Waals surface area contributed by atoms with Gasteiger partial charge in [0.15, 0.2) is 0 Å². The third-order valence-electron chi connectivity index (χ3n) is 4.78. The summed E-state index contributed by atoms with van der Waals surface area (Å²) in [6.45, 7) is 7.39. The number of hydrogen-bond donors (Lipinski definition) is 2. The SMILES string of the molecule is CC1(C)C[C@H]2C[C@](C)(CN2C(=O)CS[C@@H](CC(=O)O)C(=O)O)C1. The minimum atomic E-state index is -1.18. The highest BCUT2D eigenvalue weighted by atomic mass is 32.2. The van der Waals surface area contributed by atoms with Crippen molar-refractivity contribution in [2.75, 3.05) is 12.3 Å². The van der Waals surface area contributed by atoms with Crippen LogP contribution in [0.4, 0.5) is 0 Å². The summed E-state index contributed by atoms with van der Waals surface area (Å²) >= 11 is 0.914. The molecule has 0 unspecified atom stereocenters. The van der Waals surface area contributed by atoms with Gasteiger partial charge in [-0.15, -0.1) is 11.8 Å². The number of carbonyl (C=O) groups is 3. The molecule has 0 radical (unpaired) electrons. The standard InChI is InChI=1S/C16H25NO5S/c1-15(2)5-10-6-16(3,8-15)9-17(10)12(18)7-23-11(14(21)22)4-13(19)20/h10-11H,4-9H2,1-3H3,(H,19,20)(H,21,22)/t10-,11-,16-/m0/s1. The number of aliphatic carboxylic acids is 2. The van der Waals surface area contributed by atoms with Crippen LogP contribution >= 0.6 is 11.8 Å². The first-order valence-corrected chi connectivity index (χ1v) is 8.92. The molecule has 7 heteroatoms. The molecule has 0 aromatic carbocycles. The number of nitrogens with zero attached hydrogens (tertiary/aromatic N) is 1. The summed E-state index contributed by atoms with van der Waals surface area (Å²) in [4.78, 5) is 36.2. The number of hydrogen-bond acceptors (Lipinski definition) is 4. The van der Waals surface area contributed by atoms with Crippen LogP contribution in [0.1, 0.15) is 46.5 Å². The van der Waals surface area contributed by atoms with Gasteiger partial charge in [-0.3, -0.25) is 14.4 Å². The van der Waals surface area contributed by atoms with E-state index in [9.17, 15) is 14.4 Å². The molecule has 130 valence electrons. The first-order valence-electron chi connectivity index (χ1n) is 7.87. The van der Waals surface area contributed by atoms with Crippen LogP contribution in [0.25, 0.3) is 0 Å². The Kier molecular flexibility index (Phi) is 4.99. The third-order valence-corrected chi connectivity index (χ3v) is 5.96. The summed E-state index contributed by atoms with van der Waals surface area (Å²) in [5.41, 5.74) is 0.354. The van der Waals surface area contributed by atoms with Gasteiger partial charge >= 0.3 is 11.9 Å². The highest BCUT2D eigenvalue weighted by Gasteiger charge is 2.50. The number of carbonyl (C=O) groups excluding carboxylic acids is 1. The lowest BCUT2D eigenvalue weighted by Crippen LogP contribution is -2.39. The molecule has 0 aromatic heterocycles. The summed E-state index contributed by atoms with van der Waals surface area (Å²) in [6.07, 6.45) is 2.59. The predicted octanol–water partition coefficient (Wildman–Crippen LogP) is 2.07. The van der Waals surface area contributed by atoms with Crippen LogP contribution in [0, 0.1) is 10.8 Å². The van der Waals surface area contributed by atoms with Crippen LogP contribution in [0.5, 0.6) is 0 Å². The van der Waals surface area contributed by atoms with Gasteiger partial charge < -0.3 is 15.1 Å². The maximum atomic E-state index is 12.5. The van der Waals surface area contributed by atoms with Gasteiger partial charge in [0.05, 0.1) is 12.2 Å². The second kappa shape index (κ2) is 6.34. The molecule has 1 saturated heterocycles. The highest BCUT2D eigenvalue weighted by molar-refractivity contribution is 8.01. The lowest BCUT2D eigenvalue weighted by atomic mass is 9.65. The summed E-state index contributed by atoms with van der Waals surface area (Å²) in [6, 6.07) is 0.222. The van der Waals surface area contributed by atoms with Crippen molar-refractivity contribution >= 4 is 29.6 Å². The van der Waals surface area contributed by atoms with Crippen LogP contribution < -0.4 is 0 Å². The van der Waals surface area contributed by atoms with E-state index in [0.29, 0.717) is 0 Å². The number of thioether (sulfide) groups is 1. The van der Waals surface area contributed by atoms with Crippen molar-refractivity contribution in [3.8, 4) is 0 Å². The van der Waals surface area contributed by atoms with Gasteiger partial charge in [0.25, 0.3) is 0 Å². The third kappa shape index (κ3) is 4.40. The highest BCUT2D eigenvalue weighted by Crippen LogP contribution is 2.52. The van der Waals surface area contributed by atoms with E-state index in [4.69, 9.17) is 10.2 Å². The Morgan fingerprint density at radius 2 is 1.87 bits per heavy atom. The molecular weight excluding hydrogens is 318 g/mol. The lowest BCUT2D eigenvalue weighted by Gasteiger charge is -2.39. The molecular formula is C16H25NO5S. The smallest absolute Gasteiger partial charge is 0.317 e. The van der Waals surface area contributed by atoms with Crippen LogP contribution in [-0.4, -0.2) is 56.5 Å². The van der Waals surface area contributed by atoms with Crippen molar-refractivity contribution in [2.24, 2.45) is 10.8 Å². The summed E-state index contributed by atoms with van der Waals surface area (Å²) < 4.78 is 0. The zero-order chi connectivity index (χ0) is 17.4. The Labute approximate surface area is 140 Å². The fourth-order valence-electron chi connectivity index (χ4n) is 4.38. The number of carboxylic acid groups (broad SMARTS) is 2. The van der Waals surface area contributed by atoms with Crippen LogP contribution in [0.2, 0.25) is 0 Å². The molecule has 1 heterocycles. The van der Waals surface area contributed by atoms with Crippen LogP contribution in [0.15, 0.2) is 0 Å². The van der Waals surface area contributed by atoms with E-state index in [0.717, 1.165) is 37.6 Å². The Morgan fingerprint density at radius 1 is 1.22 bits per heavy atom. The molecule has 6 nitrogen and oxygen atoms in total. The molecule has 2 fully saturated rings. The van der Waals surface area contributed by atoms with Gasteiger partial charge in [-0.25, -0.2) is 0 Å². The van der Waals surface area contributed by atoms with Crippen molar-refractivity contribution < 1.29 is 24.6 Å². The van der Waals surface area contributed by atoms with E-state index in [-0.39, 0.29) is 28.5 Å². The Bertz CT molecular complexity index is 521. The average molecular weight is 343 g/mol. The lowest BCUT2D eigenvalue weighted by molar-refractivity contribution is -0.143. The Balaban J connectivity index is 1.96. The second-order valence-corrected chi connectivity index (χ2v) is 9.16. The number of rotatable bonds is 6. The number of likely N-dealkylation sites (tertiary alicyclic amines) is 1. The maximum Gasteiger partial charge on any atom is 0.317 e. The fourth-order valence-corrected chi connectivity index (χ4v) is 5.30. The van der Waals surface area contributed by atoms with E-state index in [1.807, 2.05) is 4.90 Å². The summed E-state index contributed by atoms with van der Waals surface area (Å²) in [7, 11) is 0. The molecule has 1 saturated carbocycles. The predicted molar refractivity (Wildman–Crippen MR) is 87.4 cm³/mol. The molecule has 3 atom stereocenters. The Hall–Kier alpha value is -1.24. The van der Waals surface area contributed by atoms with Crippen molar-refractivity contribution in [3.05, 3.63) is 0 Å². The molecule has 2 bridgehead atoms. The largest absolute Gasteiger partial charge is 0.481 e. The molecule has 1 amide bonds. The molecule has 2 rings (SSSR count). The van der Waals surface area contributed by atoms with Crippen molar-refractivity contribution in [2.45, 2.75) is 57.7 Å². The van der Waals surface area contributed by atoms with Gasteiger partial charge in [0, 0.05) is 12.6 Å². The van der Waals surface area contributed by atoms with Gasteiger partial charge in [-0.1, -0.05) is 20.8 Å². The molecule has 0 spiro atoms. The van der Waals surface area contributed by atoms with Gasteiger partial charge in [-0.2, -0.15) is 0 Å². The van der Waals surface area contributed by atoms with Crippen LogP contribution in [0.3, 0.4) is 0 Å². The number of carboxylic acids is 2. The second-order valence-electron chi connectivity index (χ2n) is 7.97. The van der Waals surface area contributed by atoms with Gasteiger partial charge in [0.1, 0.15) is 5.25 Å². The average Bonchev–Trinajstić information content (AvgIpc) is 2.62. The molecule has 0 aromatic rings. The minimum Gasteiger partial charge on any atom is -0.481 e. The topological polar surface area (TPSA) is 94.9 Å².